The molecule has 4 rings (SSSR count). The molecule has 1 aliphatic carbocycles. The van der Waals surface area contributed by atoms with E-state index in [1.165, 1.54) is 0 Å². The molecule has 0 saturated heterocycles. The number of rotatable bonds is 11. The highest BCUT2D eigenvalue weighted by molar-refractivity contribution is 5.89. The largest absolute Gasteiger partial charge is 0.495 e. The third-order valence-corrected chi connectivity index (χ3v) is 7.81. The van der Waals surface area contributed by atoms with Gasteiger partial charge in [-0.05, 0) is 65.1 Å². The molecule has 0 spiro atoms. The third kappa shape index (κ3) is 6.70. The Morgan fingerprint density at radius 1 is 1.23 bits per heavy atom. The molecule has 1 fully saturated rings. The van der Waals surface area contributed by atoms with Gasteiger partial charge in [-0.3, -0.25) is 14.7 Å². The lowest BCUT2D eigenvalue weighted by molar-refractivity contribution is 0.115. The number of carbonyl (C=O) groups is 1. The summed E-state index contributed by atoms with van der Waals surface area (Å²) in [5, 5.41) is 2.82. The predicted octanol–water partition coefficient (Wildman–Crippen LogP) is 6.05. The van der Waals surface area contributed by atoms with Crippen LogP contribution in [0.2, 0.25) is 0 Å². The number of hydrogen-bond acceptors (Lipinski definition) is 7. The molecule has 212 valence electrons. The smallest absolute Gasteiger partial charge is 0.412 e. The summed E-state index contributed by atoms with van der Waals surface area (Å²) < 4.78 is 18.6. The lowest BCUT2D eigenvalue weighted by Gasteiger charge is -2.34. The minimum absolute atomic E-state index is 0.146. The minimum atomic E-state index is -0.486. The number of amides is 1. The van der Waals surface area contributed by atoms with Crippen LogP contribution in [0.3, 0.4) is 0 Å². The van der Waals surface area contributed by atoms with Gasteiger partial charge in [0.05, 0.1) is 36.3 Å². The van der Waals surface area contributed by atoms with Crippen molar-refractivity contribution < 1.29 is 19.0 Å². The molecule has 2 heterocycles. The Balaban J connectivity index is 1.59. The van der Waals surface area contributed by atoms with E-state index in [-0.39, 0.29) is 6.10 Å². The Morgan fingerprint density at radius 3 is 2.69 bits per heavy atom. The van der Waals surface area contributed by atoms with Crippen molar-refractivity contribution in [2.75, 3.05) is 39.7 Å². The number of carbonyl (C=O) groups excluding carboxylic acids is 1. The van der Waals surface area contributed by atoms with Crippen molar-refractivity contribution >= 4 is 17.3 Å². The van der Waals surface area contributed by atoms with E-state index in [9.17, 15) is 4.79 Å². The number of ether oxygens (including phenoxy) is 3. The maximum atomic E-state index is 12.4. The first-order valence-electron chi connectivity index (χ1n) is 14.0. The van der Waals surface area contributed by atoms with E-state index >= 15 is 0 Å². The third-order valence-electron chi connectivity index (χ3n) is 7.81. The number of benzene rings is 1. The van der Waals surface area contributed by atoms with Gasteiger partial charge in [0.2, 0.25) is 0 Å². The summed E-state index contributed by atoms with van der Waals surface area (Å²) in [7, 11) is 5.55. The number of imidazole rings is 1. The van der Waals surface area contributed by atoms with Crippen LogP contribution < -0.4 is 10.1 Å². The van der Waals surface area contributed by atoms with Crippen LogP contribution in [-0.4, -0.2) is 71.9 Å². The molecule has 39 heavy (non-hydrogen) atoms. The average molecular weight is 538 g/mol. The summed E-state index contributed by atoms with van der Waals surface area (Å²) in [5.41, 5.74) is 4.28. The first kappa shape index (κ1) is 28.8. The first-order chi connectivity index (χ1) is 18.9. The molecule has 0 bridgehead atoms. The molecule has 1 atom stereocenters. The second-order valence-corrected chi connectivity index (χ2v) is 10.6. The molecular weight excluding hydrogens is 494 g/mol. The van der Waals surface area contributed by atoms with Gasteiger partial charge in [0.25, 0.3) is 0 Å². The van der Waals surface area contributed by atoms with Crippen molar-refractivity contribution in [3.63, 3.8) is 0 Å². The average Bonchev–Trinajstić information content (AvgIpc) is 3.33. The molecule has 9 nitrogen and oxygen atoms in total. The number of anilines is 1. The number of aryl methyl sites for hydroxylation is 1. The molecule has 1 unspecified atom stereocenters. The van der Waals surface area contributed by atoms with Gasteiger partial charge in [-0.1, -0.05) is 19.4 Å². The second kappa shape index (κ2) is 13.3. The van der Waals surface area contributed by atoms with Gasteiger partial charge in [-0.25, -0.2) is 9.78 Å². The number of aromatic nitrogens is 3. The normalized spacial score (nSPS) is 18.3. The maximum absolute atomic E-state index is 12.4. The quantitative estimate of drug-likeness (QED) is 0.318. The van der Waals surface area contributed by atoms with Crippen LogP contribution in [0.4, 0.5) is 10.5 Å². The van der Waals surface area contributed by atoms with Crippen LogP contribution in [-0.2, 0) is 9.47 Å². The van der Waals surface area contributed by atoms with Crippen molar-refractivity contribution in [1.82, 2.24) is 19.3 Å². The first-order valence-corrected chi connectivity index (χ1v) is 14.0. The summed E-state index contributed by atoms with van der Waals surface area (Å²) in [6, 6.07) is 6.31. The fourth-order valence-corrected chi connectivity index (χ4v) is 5.63. The van der Waals surface area contributed by atoms with E-state index in [1.54, 1.807) is 14.2 Å². The monoisotopic (exact) mass is 537 g/mol. The molecule has 3 aromatic rings. The Kier molecular flexibility index (Phi) is 9.80. The van der Waals surface area contributed by atoms with Gasteiger partial charge >= 0.3 is 6.09 Å². The summed E-state index contributed by atoms with van der Waals surface area (Å²) in [4.78, 5) is 24.6. The highest BCUT2D eigenvalue weighted by Gasteiger charge is 2.29. The van der Waals surface area contributed by atoms with Crippen molar-refractivity contribution in [2.45, 2.75) is 77.4 Å². The topological polar surface area (TPSA) is 90.2 Å². The van der Waals surface area contributed by atoms with E-state index in [1.807, 2.05) is 44.4 Å². The molecule has 1 aliphatic rings. The summed E-state index contributed by atoms with van der Waals surface area (Å²) in [6.45, 7) is 7.69. The highest BCUT2D eigenvalue weighted by Crippen LogP contribution is 2.39. The van der Waals surface area contributed by atoms with Crippen LogP contribution in [0.1, 0.15) is 69.8 Å². The van der Waals surface area contributed by atoms with Gasteiger partial charge < -0.3 is 19.1 Å². The lowest BCUT2D eigenvalue weighted by atomic mass is 9.85. The van der Waals surface area contributed by atoms with Crippen molar-refractivity contribution in [2.24, 2.45) is 0 Å². The number of hydrogen-bond donors (Lipinski definition) is 1. The second-order valence-electron chi connectivity index (χ2n) is 10.6. The van der Waals surface area contributed by atoms with Crippen molar-refractivity contribution in [1.29, 1.82) is 0 Å². The summed E-state index contributed by atoms with van der Waals surface area (Å²) >= 11 is 0. The summed E-state index contributed by atoms with van der Waals surface area (Å²) in [5.74, 6) is 2.01. The van der Waals surface area contributed by atoms with E-state index in [4.69, 9.17) is 19.2 Å². The SMILES string of the molecule is CCCC(C)OC(=O)Nc1ccc(-c2nc([C@H]3CC[C@H](N(C)CCOC)CC3)n3ccnc(C)c23)cc1OC. The zero-order valence-corrected chi connectivity index (χ0v) is 24.2. The molecular formula is C30H43N5O4. The van der Waals surface area contributed by atoms with E-state index in [2.05, 4.69) is 33.6 Å². The zero-order chi connectivity index (χ0) is 27.9. The standard InChI is InChI=1S/C30H43N5O4/c1-7-8-20(2)39-30(36)32-25-14-11-23(19-26(25)38-6)27-28-21(3)31-15-16-35(28)29(33-27)22-9-12-24(13-10-22)34(4)17-18-37-5/h11,14-16,19-20,22,24H,7-10,12-13,17-18H2,1-6H3,(H,32,36)/t20?,22-,24-. The van der Waals surface area contributed by atoms with Crippen molar-refractivity contribution in [3.05, 3.63) is 42.1 Å². The fraction of sp³-hybridized carbons (Fsp3) is 0.567. The highest BCUT2D eigenvalue weighted by atomic mass is 16.6. The van der Waals surface area contributed by atoms with E-state index < -0.39 is 6.09 Å². The predicted molar refractivity (Wildman–Crippen MR) is 154 cm³/mol. The molecule has 1 amide bonds. The van der Waals surface area contributed by atoms with E-state index in [0.29, 0.717) is 23.4 Å². The molecule has 0 radical (unpaired) electrons. The van der Waals surface area contributed by atoms with Gasteiger partial charge in [-0.2, -0.15) is 0 Å². The zero-order valence-electron chi connectivity index (χ0n) is 24.2. The van der Waals surface area contributed by atoms with Gasteiger partial charge in [0.1, 0.15) is 17.7 Å². The van der Waals surface area contributed by atoms with Gasteiger partial charge in [0, 0.05) is 43.6 Å². The van der Waals surface area contributed by atoms with Crippen molar-refractivity contribution in [3.8, 4) is 17.0 Å². The number of nitrogens with one attached hydrogen (secondary N) is 1. The van der Waals surface area contributed by atoms with Crippen LogP contribution in [0.25, 0.3) is 16.8 Å². The number of nitrogens with zero attached hydrogens (tertiary/aromatic N) is 4. The molecule has 0 aliphatic heterocycles. The Hall–Kier alpha value is -3.17. The Morgan fingerprint density at radius 2 is 2.00 bits per heavy atom. The van der Waals surface area contributed by atoms with Crippen LogP contribution >= 0.6 is 0 Å². The van der Waals surface area contributed by atoms with Crippen LogP contribution in [0.15, 0.2) is 30.6 Å². The summed E-state index contributed by atoms with van der Waals surface area (Å²) in [6.07, 6.45) is 9.46. The number of likely N-dealkylation sites (N-methyl/N-ethyl adjacent to an activating group) is 1. The Bertz CT molecular complexity index is 1250. The molecule has 1 aromatic carbocycles. The van der Waals surface area contributed by atoms with E-state index in [0.717, 1.165) is 80.0 Å². The maximum Gasteiger partial charge on any atom is 0.412 e. The molecule has 2 aromatic heterocycles. The van der Waals surface area contributed by atoms with Crippen LogP contribution in [0, 0.1) is 6.92 Å². The molecule has 9 heteroatoms. The lowest BCUT2D eigenvalue weighted by Crippen LogP contribution is -2.37. The van der Waals surface area contributed by atoms with Crippen LogP contribution in [0.5, 0.6) is 5.75 Å². The van der Waals surface area contributed by atoms with Gasteiger partial charge in [-0.15, -0.1) is 0 Å². The molecule has 1 saturated carbocycles. The number of fused-ring (bicyclic) bond motifs is 1. The van der Waals surface area contributed by atoms with Gasteiger partial charge in [0.15, 0.2) is 0 Å². The number of methoxy groups -OCH3 is 2. The molecule has 1 N–H and O–H groups in total. The minimum Gasteiger partial charge on any atom is -0.495 e. The Labute approximate surface area is 231 Å². The fourth-order valence-electron chi connectivity index (χ4n) is 5.63.